The highest BCUT2D eigenvalue weighted by atomic mass is 16.3. The average molecular weight is 247 g/mol. The number of nitrogens with two attached hydrogens (primary N) is 1. The summed E-state index contributed by atoms with van der Waals surface area (Å²) in [4.78, 5) is 0. The summed E-state index contributed by atoms with van der Waals surface area (Å²) in [5.74, 6) is 0. The zero-order valence-corrected chi connectivity index (χ0v) is 9.95. The summed E-state index contributed by atoms with van der Waals surface area (Å²) in [6.45, 7) is 0. The number of hydrogen-bond donors (Lipinski definition) is 4. The summed E-state index contributed by atoms with van der Waals surface area (Å²) >= 11 is 0. The van der Waals surface area contributed by atoms with Crippen molar-refractivity contribution in [1.29, 1.82) is 0 Å². The van der Waals surface area contributed by atoms with Crippen LogP contribution in [0.3, 0.4) is 0 Å². The van der Waals surface area contributed by atoms with Gasteiger partial charge in [-0.2, -0.15) is 0 Å². The van der Waals surface area contributed by atoms with Crippen molar-refractivity contribution in [2.24, 2.45) is 0 Å². The Balaban J connectivity index is 1.97. The molecular formula is C13H17N3O2. The Hall–Kier alpha value is -1.56. The van der Waals surface area contributed by atoms with E-state index in [4.69, 9.17) is 5.73 Å². The first-order valence-corrected chi connectivity index (χ1v) is 6.13. The second-order valence-electron chi connectivity index (χ2n) is 4.83. The third-order valence-electron chi connectivity index (χ3n) is 3.59. The standard InChI is InChI=1S/C13H17N3O2/c14-10-3-1-2-8-6-16(7-9(8)10)11-4-5-12(17)15-13(11)18/h1-3,6-7,11-13,15,17-18H,4-5,14H2. The van der Waals surface area contributed by atoms with Crippen molar-refractivity contribution in [3.63, 3.8) is 0 Å². The molecule has 5 heteroatoms. The minimum atomic E-state index is -0.739. The van der Waals surface area contributed by atoms with Crippen LogP contribution in [0, 0.1) is 0 Å². The Morgan fingerprint density at radius 2 is 2.06 bits per heavy atom. The van der Waals surface area contributed by atoms with Crippen molar-refractivity contribution >= 4 is 16.5 Å². The van der Waals surface area contributed by atoms with Gasteiger partial charge in [0, 0.05) is 28.9 Å². The van der Waals surface area contributed by atoms with Gasteiger partial charge in [-0.05, 0) is 18.9 Å². The number of benzene rings is 1. The van der Waals surface area contributed by atoms with E-state index in [1.165, 1.54) is 0 Å². The molecule has 0 bridgehead atoms. The number of nitrogens with one attached hydrogen (secondary N) is 1. The van der Waals surface area contributed by atoms with E-state index in [9.17, 15) is 10.2 Å². The molecule has 0 radical (unpaired) electrons. The largest absolute Gasteiger partial charge is 0.398 e. The molecule has 1 aliphatic rings. The van der Waals surface area contributed by atoms with Crippen molar-refractivity contribution in [1.82, 2.24) is 9.88 Å². The number of nitrogens with zero attached hydrogens (tertiary/aromatic N) is 1. The second kappa shape index (κ2) is 4.28. The molecule has 96 valence electrons. The summed E-state index contributed by atoms with van der Waals surface area (Å²) in [5.41, 5.74) is 6.66. The van der Waals surface area contributed by atoms with Gasteiger partial charge >= 0.3 is 0 Å². The molecular weight excluding hydrogens is 230 g/mol. The molecule has 1 aromatic heterocycles. The van der Waals surface area contributed by atoms with Crippen molar-refractivity contribution in [3.8, 4) is 0 Å². The molecule has 0 saturated carbocycles. The molecule has 1 saturated heterocycles. The Bertz CT molecular complexity index is 566. The Morgan fingerprint density at radius 1 is 1.22 bits per heavy atom. The maximum atomic E-state index is 9.96. The van der Waals surface area contributed by atoms with Crippen LogP contribution in [0.2, 0.25) is 0 Å². The lowest BCUT2D eigenvalue weighted by Gasteiger charge is -2.32. The van der Waals surface area contributed by atoms with E-state index in [0.29, 0.717) is 6.42 Å². The highest BCUT2D eigenvalue weighted by molar-refractivity contribution is 5.92. The molecule has 1 fully saturated rings. The van der Waals surface area contributed by atoms with Crippen molar-refractivity contribution < 1.29 is 10.2 Å². The molecule has 3 rings (SSSR count). The number of rotatable bonds is 1. The predicted molar refractivity (Wildman–Crippen MR) is 69.8 cm³/mol. The van der Waals surface area contributed by atoms with E-state index in [-0.39, 0.29) is 6.04 Å². The minimum Gasteiger partial charge on any atom is -0.398 e. The summed E-state index contributed by atoms with van der Waals surface area (Å²) in [7, 11) is 0. The number of piperidine rings is 1. The second-order valence-corrected chi connectivity index (χ2v) is 4.83. The van der Waals surface area contributed by atoms with Gasteiger partial charge in [-0.3, -0.25) is 5.32 Å². The van der Waals surface area contributed by atoms with Gasteiger partial charge in [-0.25, -0.2) is 0 Å². The summed E-state index contributed by atoms with van der Waals surface area (Å²) in [6.07, 6.45) is 3.95. The molecule has 0 amide bonds. The number of aromatic nitrogens is 1. The fourth-order valence-electron chi connectivity index (χ4n) is 2.59. The van der Waals surface area contributed by atoms with Crippen LogP contribution in [-0.2, 0) is 0 Å². The maximum absolute atomic E-state index is 9.96. The molecule has 5 nitrogen and oxygen atoms in total. The highest BCUT2D eigenvalue weighted by Crippen LogP contribution is 2.28. The van der Waals surface area contributed by atoms with E-state index in [1.807, 2.05) is 35.2 Å². The number of aliphatic hydroxyl groups is 2. The first kappa shape index (κ1) is 11.5. The Kier molecular flexibility index (Phi) is 2.74. The van der Waals surface area contributed by atoms with Gasteiger partial charge in [-0.1, -0.05) is 12.1 Å². The van der Waals surface area contributed by atoms with Gasteiger partial charge in [0.05, 0.1) is 6.04 Å². The smallest absolute Gasteiger partial charge is 0.127 e. The average Bonchev–Trinajstić information content (AvgIpc) is 2.74. The van der Waals surface area contributed by atoms with E-state index >= 15 is 0 Å². The number of hydrogen-bond acceptors (Lipinski definition) is 4. The number of anilines is 1. The summed E-state index contributed by atoms with van der Waals surface area (Å²) in [6, 6.07) is 5.72. The van der Waals surface area contributed by atoms with Gasteiger partial charge in [-0.15, -0.1) is 0 Å². The van der Waals surface area contributed by atoms with Gasteiger partial charge in [0.2, 0.25) is 0 Å². The molecule has 3 atom stereocenters. The first-order valence-electron chi connectivity index (χ1n) is 6.13. The minimum absolute atomic E-state index is 0.0693. The molecule has 3 unspecified atom stereocenters. The molecule has 2 heterocycles. The highest BCUT2D eigenvalue weighted by Gasteiger charge is 2.28. The fraction of sp³-hybridized carbons (Fsp3) is 0.385. The SMILES string of the molecule is Nc1cccc2cn(C3CCC(O)NC3O)cc12. The van der Waals surface area contributed by atoms with E-state index < -0.39 is 12.5 Å². The lowest BCUT2D eigenvalue weighted by atomic mass is 10.0. The molecule has 5 N–H and O–H groups in total. The van der Waals surface area contributed by atoms with Gasteiger partial charge in [0.15, 0.2) is 0 Å². The maximum Gasteiger partial charge on any atom is 0.127 e. The monoisotopic (exact) mass is 247 g/mol. The molecule has 1 aromatic carbocycles. The normalized spacial score (nSPS) is 28.7. The number of nitrogen functional groups attached to an aromatic ring is 1. The van der Waals surface area contributed by atoms with Gasteiger partial charge in [0.1, 0.15) is 12.5 Å². The van der Waals surface area contributed by atoms with Crippen LogP contribution < -0.4 is 11.1 Å². The third-order valence-corrected chi connectivity index (χ3v) is 3.59. The van der Waals surface area contributed by atoms with Crippen LogP contribution in [0.4, 0.5) is 5.69 Å². The lowest BCUT2D eigenvalue weighted by Crippen LogP contribution is -2.47. The zero-order valence-electron chi connectivity index (χ0n) is 9.95. The van der Waals surface area contributed by atoms with Gasteiger partial charge in [0.25, 0.3) is 0 Å². The van der Waals surface area contributed by atoms with Crippen LogP contribution in [0.25, 0.3) is 10.8 Å². The van der Waals surface area contributed by atoms with E-state index in [1.54, 1.807) is 0 Å². The Labute approximate surface area is 105 Å². The first-order chi connectivity index (χ1) is 8.65. The van der Waals surface area contributed by atoms with Crippen LogP contribution in [0.5, 0.6) is 0 Å². The number of aliphatic hydroxyl groups excluding tert-OH is 2. The molecule has 0 aliphatic carbocycles. The lowest BCUT2D eigenvalue weighted by molar-refractivity contribution is -0.0275. The van der Waals surface area contributed by atoms with Crippen LogP contribution >= 0.6 is 0 Å². The molecule has 1 aliphatic heterocycles. The predicted octanol–water partition coefficient (Wildman–Crippen LogP) is 0.785. The molecule has 2 aromatic rings. The number of fused-ring (bicyclic) bond motifs is 1. The van der Waals surface area contributed by atoms with Crippen molar-refractivity contribution in [2.75, 3.05) is 5.73 Å². The van der Waals surface area contributed by atoms with Crippen LogP contribution in [-0.4, -0.2) is 27.2 Å². The molecule has 0 spiro atoms. The quantitative estimate of drug-likeness (QED) is 0.561. The summed E-state index contributed by atoms with van der Waals surface area (Å²) < 4.78 is 1.98. The topological polar surface area (TPSA) is 83.4 Å². The molecule has 18 heavy (non-hydrogen) atoms. The van der Waals surface area contributed by atoms with Crippen molar-refractivity contribution in [2.45, 2.75) is 31.3 Å². The van der Waals surface area contributed by atoms with E-state index in [2.05, 4.69) is 5.32 Å². The van der Waals surface area contributed by atoms with Crippen LogP contribution in [0.1, 0.15) is 18.9 Å². The van der Waals surface area contributed by atoms with Crippen LogP contribution in [0.15, 0.2) is 30.6 Å². The van der Waals surface area contributed by atoms with E-state index in [0.717, 1.165) is 22.9 Å². The third kappa shape index (κ3) is 1.86. The summed E-state index contributed by atoms with van der Waals surface area (Å²) in [5, 5.41) is 24.2. The van der Waals surface area contributed by atoms with Gasteiger partial charge < -0.3 is 20.5 Å². The fourth-order valence-corrected chi connectivity index (χ4v) is 2.59. The Morgan fingerprint density at radius 3 is 2.78 bits per heavy atom. The van der Waals surface area contributed by atoms with Crippen molar-refractivity contribution in [3.05, 3.63) is 30.6 Å². The zero-order chi connectivity index (χ0) is 12.7.